The molecule has 1 atom stereocenters. The zero-order chi connectivity index (χ0) is 18.0. The molecular formula is C19H24N4O2. The van der Waals surface area contributed by atoms with Crippen LogP contribution in [-0.4, -0.2) is 54.1 Å². The van der Waals surface area contributed by atoms with Crippen LogP contribution < -0.4 is 9.64 Å². The number of likely N-dealkylation sites (tertiary alicyclic amines) is 1. The molecule has 1 aromatic carbocycles. The number of rotatable bonds is 4. The van der Waals surface area contributed by atoms with Crippen molar-refractivity contribution in [1.82, 2.24) is 14.9 Å². The van der Waals surface area contributed by atoms with Crippen molar-refractivity contribution >= 4 is 11.6 Å². The van der Waals surface area contributed by atoms with Crippen LogP contribution in [0.4, 0.5) is 5.69 Å². The number of carbonyl (C=O) groups is 1. The highest BCUT2D eigenvalue weighted by molar-refractivity contribution is 5.95. The van der Waals surface area contributed by atoms with E-state index in [1.165, 1.54) is 0 Å². The standard InChI is InChI=1S/C19H24N4O2/c1-13-10-18(21-14(2)20-13)25-17-8-9-23(12-17)19(24)15-6-5-7-16(11-15)22(3)4/h5-7,10-11,17H,8-9,12H2,1-4H3/t17-/m1/s1. The SMILES string of the molecule is Cc1cc(O[C@@H]2CCN(C(=O)c3cccc(N(C)C)c3)C2)nc(C)n1. The van der Waals surface area contributed by atoms with E-state index in [2.05, 4.69) is 9.97 Å². The number of hydrogen-bond acceptors (Lipinski definition) is 5. The number of hydrogen-bond donors (Lipinski definition) is 0. The lowest BCUT2D eigenvalue weighted by molar-refractivity contribution is 0.0771. The molecule has 3 rings (SSSR count). The number of aromatic nitrogens is 2. The highest BCUT2D eigenvalue weighted by Crippen LogP contribution is 2.21. The minimum atomic E-state index is -0.0327. The van der Waals surface area contributed by atoms with Crippen LogP contribution in [0.1, 0.15) is 28.3 Å². The molecule has 0 unspecified atom stereocenters. The number of benzene rings is 1. The number of carbonyl (C=O) groups excluding carboxylic acids is 1. The van der Waals surface area contributed by atoms with Crippen LogP contribution >= 0.6 is 0 Å². The summed E-state index contributed by atoms with van der Waals surface area (Å²) in [6.07, 6.45) is 0.774. The molecule has 0 aliphatic carbocycles. The summed E-state index contributed by atoms with van der Waals surface area (Å²) in [5.74, 6) is 1.32. The molecule has 0 bridgehead atoms. The molecule has 0 radical (unpaired) electrons. The second-order valence-corrected chi connectivity index (χ2v) is 6.62. The molecule has 132 valence electrons. The predicted molar refractivity (Wildman–Crippen MR) is 97.2 cm³/mol. The third-order valence-corrected chi connectivity index (χ3v) is 4.27. The molecule has 0 spiro atoms. The zero-order valence-corrected chi connectivity index (χ0v) is 15.2. The molecule has 1 saturated heterocycles. The van der Waals surface area contributed by atoms with Crippen molar-refractivity contribution in [3.8, 4) is 5.88 Å². The van der Waals surface area contributed by atoms with E-state index in [0.29, 0.717) is 30.4 Å². The van der Waals surface area contributed by atoms with E-state index in [-0.39, 0.29) is 12.0 Å². The fraction of sp³-hybridized carbons (Fsp3) is 0.421. The average molecular weight is 340 g/mol. The largest absolute Gasteiger partial charge is 0.472 e. The lowest BCUT2D eigenvalue weighted by Crippen LogP contribution is -2.31. The Morgan fingerprint density at radius 2 is 2.04 bits per heavy atom. The lowest BCUT2D eigenvalue weighted by Gasteiger charge is -2.19. The van der Waals surface area contributed by atoms with E-state index in [1.807, 2.05) is 68.1 Å². The third-order valence-electron chi connectivity index (χ3n) is 4.27. The monoisotopic (exact) mass is 340 g/mol. The normalized spacial score (nSPS) is 16.8. The first-order valence-electron chi connectivity index (χ1n) is 8.48. The van der Waals surface area contributed by atoms with Crippen LogP contribution in [0.2, 0.25) is 0 Å². The summed E-state index contributed by atoms with van der Waals surface area (Å²) < 4.78 is 5.96. The van der Waals surface area contributed by atoms with E-state index < -0.39 is 0 Å². The van der Waals surface area contributed by atoms with Gasteiger partial charge in [0.25, 0.3) is 5.91 Å². The van der Waals surface area contributed by atoms with Gasteiger partial charge in [-0.3, -0.25) is 4.79 Å². The molecule has 2 aromatic rings. The Balaban J connectivity index is 1.66. The van der Waals surface area contributed by atoms with Crippen molar-refractivity contribution in [2.24, 2.45) is 0 Å². The summed E-state index contributed by atoms with van der Waals surface area (Å²) in [5, 5.41) is 0. The first kappa shape index (κ1) is 17.2. The maximum Gasteiger partial charge on any atom is 0.254 e. The fourth-order valence-electron chi connectivity index (χ4n) is 3.02. The first-order valence-corrected chi connectivity index (χ1v) is 8.48. The Morgan fingerprint density at radius 3 is 2.76 bits per heavy atom. The molecule has 2 heterocycles. The first-order chi connectivity index (χ1) is 11.9. The summed E-state index contributed by atoms with van der Waals surface area (Å²) in [6, 6.07) is 9.53. The van der Waals surface area contributed by atoms with Crippen LogP contribution in [-0.2, 0) is 0 Å². The van der Waals surface area contributed by atoms with Gasteiger partial charge in [0.05, 0.1) is 6.54 Å². The smallest absolute Gasteiger partial charge is 0.254 e. The fourth-order valence-corrected chi connectivity index (χ4v) is 3.02. The van der Waals surface area contributed by atoms with Crippen LogP contribution in [0.5, 0.6) is 5.88 Å². The third kappa shape index (κ3) is 4.07. The number of anilines is 1. The van der Waals surface area contributed by atoms with E-state index >= 15 is 0 Å². The molecule has 25 heavy (non-hydrogen) atoms. The maximum atomic E-state index is 12.8. The Bertz CT molecular complexity index is 756. The number of aryl methyl sites for hydroxylation is 2. The summed E-state index contributed by atoms with van der Waals surface area (Å²) in [7, 11) is 3.93. The maximum absolute atomic E-state index is 12.8. The Morgan fingerprint density at radius 1 is 1.24 bits per heavy atom. The second-order valence-electron chi connectivity index (χ2n) is 6.62. The van der Waals surface area contributed by atoms with Gasteiger partial charge >= 0.3 is 0 Å². The van der Waals surface area contributed by atoms with Crippen molar-refractivity contribution in [3.05, 3.63) is 47.4 Å². The van der Waals surface area contributed by atoms with Crippen molar-refractivity contribution < 1.29 is 9.53 Å². The molecule has 1 aromatic heterocycles. The van der Waals surface area contributed by atoms with Gasteiger partial charge in [0.2, 0.25) is 5.88 Å². The highest BCUT2D eigenvalue weighted by Gasteiger charge is 2.28. The Hall–Kier alpha value is -2.63. The van der Waals surface area contributed by atoms with E-state index in [0.717, 1.165) is 17.8 Å². The van der Waals surface area contributed by atoms with Crippen LogP contribution in [0, 0.1) is 13.8 Å². The van der Waals surface area contributed by atoms with Crippen molar-refractivity contribution in [3.63, 3.8) is 0 Å². The van der Waals surface area contributed by atoms with Gasteiger partial charge in [-0.15, -0.1) is 0 Å². The Labute approximate surface area is 148 Å². The summed E-state index contributed by atoms with van der Waals surface area (Å²) in [5.41, 5.74) is 2.61. The molecule has 6 nitrogen and oxygen atoms in total. The van der Waals surface area contributed by atoms with E-state index in [9.17, 15) is 4.79 Å². The van der Waals surface area contributed by atoms with E-state index in [4.69, 9.17) is 4.74 Å². The highest BCUT2D eigenvalue weighted by atomic mass is 16.5. The van der Waals surface area contributed by atoms with Crippen molar-refractivity contribution in [1.29, 1.82) is 0 Å². The van der Waals surface area contributed by atoms with Gasteiger partial charge in [0.1, 0.15) is 11.9 Å². The molecule has 0 N–H and O–H groups in total. The summed E-state index contributed by atoms with van der Waals surface area (Å²) >= 11 is 0. The zero-order valence-electron chi connectivity index (χ0n) is 15.2. The molecule has 1 amide bonds. The van der Waals surface area contributed by atoms with Crippen LogP contribution in [0.15, 0.2) is 30.3 Å². The molecular weight excluding hydrogens is 316 g/mol. The topological polar surface area (TPSA) is 58.6 Å². The van der Waals surface area contributed by atoms with Gasteiger partial charge < -0.3 is 14.5 Å². The average Bonchev–Trinajstić information content (AvgIpc) is 3.01. The number of ether oxygens (including phenoxy) is 1. The number of amides is 1. The lowest BCUT2D eigenvalue weighted by atomic mass is 10.1. The van der Waals surface area contributed by atoms with Gasteiger partial charge in [-0.05, 0) is 32.0 Å². The van der Waals surface area contributed by atoms with Gasteiger partial charge in [0, 0.05) is 50.1 Å². The van der Waals surface area contributed by atoms with Crippen molar-refractivity contribution in [2.75, 3.05) is 32.1 Å². The minimum Gasteiger partial charge on any atom is -0.472 e. The molecule has 1 aliphatic heterocycles. The molecule has 1 fully saturated rings. The molecule has 6 heteroatoms. The van der Waals surface area contributed by atoms with E-state index in [1.54, 1.807) is 0 Å². The molecule has 1 aliphatic rings. The summed E-state index contributed by atoms with van der Waals surface area (Å²) in [4.78, 5) is 25.2. The van der Waals surface area contributed by atoms with Gasteiger partial charge in [0.15, 0.2) is 0 Å². The predicted octanol–water partition coefficient (Wildman–Crippen LogP) is 2.45. The van der Waals surface area contributed by atoms with Crippen LogP contribution in [0.3, 0.4) is 0 Å². The van der Waals surface area contributed by atoms with Crippen molar-refractivity contribution in [2.45, 2.75) is 26.4 Å². The van der Waals surface area contributed by atoms with Gasteiger partial charge in [-0.2, -0.15) is 4.98 Å². The summed E-state index contributed by atoms with van der Waals surface area (Å²) in [6.45, 7) is 5.04. The number of nitrogens with zero attached hydrogens (tertiary/aromatic N) is 4. The quantitative estimate of drug-likeness (QED) is 0.856. The van der Waals surface area contributed by atoms with Crippen LogP contribution in [0.25, 0.3) is 0 Å². The second kappa shape index (κ2) is 7.09. The van der Waals surface area contributed by atoms with Gasteiger partial charge in [-0.25, -0.2) is 4.98 Å². The Kier molecular flexibility index (Phi) is 4.88. The molecule has 0 saturated carbocycles. The minimum absolute atomic E-state index is 0.0327. The van der Waals surface area contributed by atoms with Gasteiger partial charge in [-0.1, -0.05) is 6.07 Å².